The highest BCUT2D eigenvalue weighted by atomic mass is 16.2. The van der Waals surface area contributed by atoms with Gasteiger partial charge in [-0.2, -0.15) is 0 Å². The highest BCUT2D eigenvalue weighted by molar-refractivity contribution is 5.99. The lowest BCUT2D eigenvalue weighted by atomic mass is 9.79. The summed E-state index contributed by atoms with van der Waals surface area (Å²) in [6.45, 7) is 7.95. The fraction of sp³-hybridized carbons (Fsp3) is 0.478. The van der Waals surface area contributed by atoms with Crippen LogP contribution in [0.2, 0.25) is 0 Å². The first-order chi connectivity index (χ1) is 14.3. The molecule has 158 valence electrons. The van der Waals surface area contributed by atoms with Crippen molar-refractivity contribution in [2.45, 2.75) is 52.6 Å². The van der Waals surface area contributed by atoms with Crippen LogP contribution in [0.4, 0.5) is 11.6 Å². The first-order valence-corrected chi connectivity index (χ1v) is 10.6. The molecule has 1 aromatic carbocycles. The van der Waals surface area contributed by atoms with E-state index >= 15 is 0 Å². The van der Waals surface area contributed by atoms with Gasteiger partial charge in [0, 0.05) is 41.0 Å². The summed E-state index contributed by atoms with van der Waals surface area (Å²) in [6, 6.07) is 7.19. The fourth-order valence-electron chi connectivity index (χ4n) is 4.54. The molecule has 2 heterocycles. The Bertz CT molecular complexity index is 985. The molecular formula is C23H29N5O2. The molecule has 0 saturated heterocycles. The van der Waals surface area contributed by atoms with Crippen molar-refractivity contribution in [2.75, 3.05) is 10.2 Å². The minimum absolute atomic E-state index is 0.0918. The number of hydrogen-bond acceptors (Lipinski definition) is 5. The van der Waals surface area contributed by atoms with E-state index in [1.54, 1.807) is 12.3 Å². The summed E-state index contributed by atoms with van der Waals surface area (Å²) in [5.41, 5.74) is 8.60. The molecule has 1 aliphatic carbocycles. The lowest BCUT2D eigenvalue weighted by Gasteiger charge is -2.46. The Hall–Kier alpha value is -2.96. The smallest absolute Gasteiger partial charge is 0.248 e. The lowest BCUT2D eigenvalue weighted by molar-refractivity contribution is -0.122. The Morgan fingerprint density at radius 1 is 1.23 bits per heavy atom. The summed E-state index contributed by atoms with van der Waals surface area (Å²) in [5.74, 6) is 0.640. The van der Waals surface area contributed by atoms with Gasteiger partial charge in [0.25, 0.3) is 0 Å². The standard InChI is InChI=1S/C23H29N5O2/c1-12(2)22(30)28-18-8-7-16(21(24)29)11-17(18)19(14(4)20(28)15-5-6-15)27-23-25-10-9-13(3)26-23/h7-12,14-15,19-20H,5-6H2,1-4H3,(H2,24,29)(H,25,26,27). The summed E-state index contributed by atoms with van der Waals surface area (Å²) < 4.78 is 0. The molecule has 4 rings (SSSR count). The van der Waals surface area contributed by atoms with Crippen LogP contribution in [0, 0.1) is 24.7 Å². The van der Waals surface area contributed by atoms with Gasteiger partial charge in [-0.3, -0.25) is 9.59 Å². The Labute approximate surface area is 177 Å². The van der Waals surface area contributed by atoms with E-state index < -0.39 is 5.91 Å². The number of primary amides is 1. The number of fused-ring (bicyclic) bond motifs is 1. The normalized spacial score (nSPS) is 23.2. The topological polar surface area (TPSA) is 101 Å². The Morgan fingerprint density at radius 3 is 2.57 bits per heavy atom. The van der Waals surface area contributed by atoms with Crippen LogP contribution < -0.4 is 16.0 Å². The zero-order valence-electron chi connectivity index (χ0n) is 17.9. The summed E-state index contributed by atoms with van der Waals surface area (Å²) >= 11 is 0. The maximum absolute atomic E-state index is 13.3. The molecule has 0 bridgehead atoms. The SMILES string of the molecule is Cc1ccnc(NC2c3cc(C(N)=O)ccc3N(C(=O)C(C)C)C(C3CC3)C2C)n1. The number of rotatable bonds is 5. The number of aryl methyl sites for hydroxylation is 1. The average Bonchev–Trinajstić information content (AvgIpc) is 3.53. The Kier molecular flexibility index (Phi) is 5.22. The molecule has 7 nitrogen and oxygen atoms in total. The van der Waals surface area contributed by atoms with Crippen LogP contribution in [0.3, 0.4) is 0 Å². The van der Waals surface area contributed by atoms with Gasteiger partial charge in [-0.15, -0.1) is 0 Å². The highest BCUT2D eigenvalue weighted by Gasteiger charge is 2.48. The van der Waals surface area contributed by atoms with Crippen LogP contribution in [0.1, 0.15) is 61.3 Å². The number of benzene rings is 1. The van der Waals surface area contributed by atoms with Gasteiger partial charge in [-0.05, 0) is 55.5 Å². The molecule has 3 atom stereocenters. The van der Waals surface area contributed by atoms with E-state index in [0.29, 0.717) is 17.4 Å². The van der Waals surface area contributed by atoms with Crippen molar-refractivity contribution in [1.29, 1.82) is 0 Å². The van der Waals surface area contributed by atoms with E-state index in [2.05, 4.69) is 22.2 Å². The summed E-state index contributed by atoms with van der Waals surface area (Å²) in [4.78, 5) is 36.0. The van der Waals surface area contributed by atoms with Crippen molar-refractivity contribution in [3.05, 3.63) is 47.3 Å². The van der Waals surface area contributed by atoms with Gasteiger partial charge in [0.05, 0.1) is 6.04 Å². The van der Waals surface area contributed by atoms with Crippen molar-refractivity contribution in [2.24, 2.45) is 23.5 Å². The number of nitrogens with zero attached hydrogens (tertiary/aromatic N) is 3. The third-order valence-corrected chi connectivity index (χ3v) is 6.19. The van der Waals surface area contributed by atoms with E-state index in [1.165, 1.54) is 0 Å². The van der Waals surface area contributed by atoms with Crippen LogP contribution in [-0.2, 0) is 4.79 Å². The second-order valence-corrected chi connectivity index (χ2v) is 8.83. The van der Waals surface area contributed by atoms with Crippen LogP contribution in [-0.4, -0.2) is 27.8 Å². The average molecular weight is 408 g/mol. The Balaban J connectivity index is 1.85. The first-order valence-electron chi connectivity index (χ1n) is 10.6. The first kappa shape index (κ1) is 20.3. The fourth-order valence-corrected chi connectivity index (χ4v) is 4.54. The summed E-state index contributed by atoms with van der Waals surface area (Å²) in [5, 5.41) is 3.48. The molecule has 7 heteroatoms. The monoisotopic (exact) mass is 407 g/mol. The minimum Gasteiger partial charge on any atom is -0.366 e. The van der Waals surface area contributed by atoms with Gasteiger partial charge in [0.15, 0.2) is 0 Å². The van der Waals surface area contributed by atoms with E-state index in [4.69, 9.17) is 5.73 Å². The molecular weight excluding hydrogens is 378 g/mol. The van der Waals surface area contributed by atoms with E-state index in [9.17, 15) is 9.59 Å². The molecule has 3 unspecified atom stereocenters. The molecule has 30 heavy (non-hydrogen) atoms. The van der Waals surface area contributed by atoms with Gasteiger partial charge >= 0.3 is 0 Å². The molecule has 3 N–H and O–H groups in total. The zero-order valence-corrected chi connectivity index (χ0v) is 17.9. The minimum atomic E-state index is -0.484. The number of amides is 2. The molecule has 0 radical (unpaired) electrons. The zero-order chi connectivity index (χ0) is 21.6. The molecule has 1 aromatic heterocycles. The van der Waals surface area contributed by atoms with Crippen molar-refractivity contribution in [3.63, 3.8) is 0 Å². The van der Waals surface area contributed by atoms with E-state index in [1.807, 2.05) is 43.9 Å². The maximum Gasteiger partial charge on any atom is 0.248 e. The van der Waals surface area contributed by atoms with Gasteiger partial charge in [-0.1, -0.05) is 20.8 Å². The number of carbonyl (C=O) groups excluding carboxylic acids is 2. The highest BCUT2D eigenvalue weighted by Crippen LogP contribution is 2.50. The van der Waals surface area contributed by atoms with E-state index in [0.717, 1.165) is 29.8 Å². The Morgan fingerprint density at radius 2 is 1.97 bits per heavy atom. The third kappa shape index (κ3) is 3.64. The second-order valence-electron chi connectivity index (χ2n) is 8.83. The molecule has 1 fully saturated rings. The number of carbonyl (C=O) groups is 2. The number of nitrogens with one attached hydrogen (secondary N) is 1. The van der Waals surface area contributed by atoms with Gasteiger partial charge < -0.3 is 16.0 Å². The lowest BCUT2D eigenvalue weighted by Crippen LogP contribution is -2.53. The van der Waals surface area contributed by atoms with Crippen LogP contribution in [0.5, 0.6) is 0 Å². The number of aromatic nitrogens is 2. The predicted molar refractivity (Wildman–Crippen MR) is 116 cm³/mol. The van der Waals surface area contributed by atoms with Crippen molar-refractivity contribution in [1.82, 2.24) is 9.97 Å². The molecule has 0 spiro atoms. The van der Waals surface area contributed by atoms with E-state index in [-0.39, 0.29) is 29.8 Å². The largest absolute Gasteiger partial charge is 0.366 e. The molecule has 2 aromatic rings. The maximum atomic E-state index is 13.3. The number of anilines is 2. The second kappa shape index (κ2) is 7.70. The number of nitrogens with two attached hydrogens (primary N) is 1. The van der Waals surface area contributed by atoms with Crippen molar-refractivity contribution < 1.29 is 9.59 Å². The molecule has 2 amide bonds. The third-order valence-electron chi connectivity index (χ3n) is 6.19. The molecule has 2 aliphatic rings. The van der Waals surface area contributed by atoms with Gasteiger partial charge in [-0.25, -0.2) is 9.97 Å². The summed E-state index contributed by atoms with van der Waals surface area (Å²) in [6.07, 6.45) is 3.98. The van der Waals surface area contributed by atoms with Crippen molar-refractivity contribution >= 4 is 23.5 Å². The molecule has 1 saturated carbocycles. The predicted octanol–water partition coefficient (Wildman–Crippen LogP) is 3.45. The van der Waals surface area contributed by atoms with Gasteiger partial charge in [0.1, 0.15) is 0 Å². The van der Waals surface area contributed by atoms with Crippen molar-refractivity contribution in [3.8, 4) is 0 Å². The quantitative estimate of drug-likeness (QED) is 0.790. The number of hydrogen-bond donors (Lipinski definition) is 2. The van der Waals surface area contributed by atoms with Crippen LogP contribution in [0.15, 0.2) is 30.5 Å². The van der Waals surface area contributed by atoms with Crippen LogP contribution in [0.25, 0.3) is 0 Å². The molecule has 1 aliphatic heterocycles. The summed E-state index contributed by atoms with van der Waals surface area (Å²) in [7, 11) is 0. The van der Waals surface area contributed by atoms with Gasteiger partial charge in [0.2, 0.25) is 17.8 Å². The van der Waals surface area contributed by atoms with Crippen LogP contribution >= 0.6 is 0 Å².